The third-order valence-corrected chi connectivity index (χ3v) is 9.45. The molecule has 3 aromatic heterocycles. The van der Waals surface area contributed by atoms with E-state index in [1.165, 1.54) is 21.9 Å². The van der Waals surface area contributed by atoms with Gasteiger partial charge >= 0.3 is 0 Å². The molecule has 0 bridgehead atoms. The molecule has 50 heavy (non-hydrogen) atoms. The Morgan fingerprint density at radius 3 is 1.50 bits per heavy atom. The summed E-state index contributed by atoms with van der Waals surface area (Å²) in [6.45, 7) is 0. The van der Waals surface area contributed by atoms with Gasteiger partial charge in [0.2, 0.25) is 0 Å². The molecule has 0 amide bonds. The normalized spacial score (nSPS) is 11.6. The van der Waals surface area contributed by atoms with E-state index in [9.17, 15) is 0 Å². The molecule has 0 radical (unpaired) electrons. The third-order valence-electron chi connectivity index (χ3n) is 9.45. The standard InChI is InChI=1S/C45H28N4O/c1-4-12-29(13-5-1)33-22-25-39-36(26-33)37-27-38-35-18-10-11-19-41(35)50-42(38)28-40(37)49(39)34-23-20-32(21-24-34)45-47-43(30-14-6-2-7-15-30)46-44(48-45)31-16-8-3-9-17-31/h1-28H. The number of furan rings is 1. The quantitative estimate of drug-likeness (QED) is 0.188. The Bertz CT molecular complexity index is 2780. The van der Waals surface area contributed by atoms with Crippen molar-refractivity contribution in [1.29, 1.82) is 0 Å². The highest BCUT2D eigenvalue weighted by atomic mass is 16.3. The zero-order valence-electron chi connectivity index (χ0n) is 26.9. The predicted molar refractivity (Wildman–Crippen MR) is 203 cm³/mol. The molecule has 5 heteroatoms. The Labute approximate surface area is 287 Å². The summed E-state index contributed by atoms with van der Waals surface area (Å²) in [5, 5.41) is 4.61. The Hall–Kier alpha value is -6.85. The number of aromatic nitrogens is 4. The molecule has 7 aromatic carbocycles. The minimum absolute atomic E-state index is 0.628. The SMILES string of the molecule is c1ccc(-c2ccc3c(c2)c2cc4c(cc2n3-c2ccc(-c3nc(-c5ccccc5)nc(-c5ccccc5)n3)cc2)oc2ccccc24)cc1. The largest absolute Gasteiger partial charge is 0.456 e. The molecule has 0 saturated carbocycles. The fraction of sp³-hybridized carbons (Fsp3) is 0. The molecule has 0 aliphatic heterocycles. The zero-order valence-corrected chi connectivity index (χ0v) is 26.9. The minimum Gasteiger partial charge on any atom is -0.456 e. The van der Waals surface area contributed by atoms with E-state index >= 15 is 0 Å². The molecule has 0 aliphatic carbocycles. The van der Waals surface area contributed by atoms with Gasteiger partial charge in [-0.15, -0.1) is 0 Å². The van der Waals surface area contributed by atoms with Gasteiger partial charge in [0.25, 0.3) is 0 Å². The zero-order chi connectivity index (χ0) is 33.0. The topological polar surface area (TPSA) is 56.7 Å². The first kappa shape index (κ1) is 28.2. The Morgan fingerprint density at radius 2 is 0.860 bits per heavy atom. The lowest BCUT2D eigenvalue weighted by Crippen LogP contribution is -2.00. The smallest absolute Gasteiger partial charge is 0.164 e. The van der Waals surface area contributed by atoms with Crippen molar-refractivity contribution in [2.75, 3.05) is 0 Å². The summed E-state index contributed by atoms with van der Waals surface area (Å²) in [4.78, 5) is 14.7. The average Bonchev–Trinajstić information content (AvgIpc) is 3.72. The Morgan fingerprint density at radius 1 is 0.340 bits per heavy atom. The molecule has 0 saturated heterocycles. The van der Waals surface area contributed by atoms with Gasteiger partial charge in [0.15, 0.2) is 17.5 Å². The van der Waals surface area contributed by atoms with Crippen LogP contribution >= 0.6 is 0 Å². The first-order chi connectivity index (χ1) is 24.8. The second-order valence-electron chi connectivity index (χ2n) is 12.5. The summed E-state index contributed by atoms with van der Waals surface area (Å²) in [5.41, 5.74) is 10.2. The number of hydrogen-bond donors (Lipinski definition) is 0. The molecule has 0 unspecified atom stereocenters. The second kappa shape index (κ2) is 11.4. The summed E-state index contributed by atoms with van der Waals surface area (Å²) in [6, 6.07) is 58.7. The fourth-order valence-corrected chi connectivity index (χ4v) is 7.02. The summed E-state index contributed by atoms with van der Waals surface area (Å²) >= 11 is 0. The Kier molecular flexibility index (Phi) is 6.42. The maximum absolute atomic E-state index is 6.38. The molecule has 10 aromatic rings. The molecular formula is C45H28N4O. The van der Waals surface area contributed by atoms with Crippen LogP contribution in [0, 0.1) is 0 Å². The van der Waals surface area contributed by atoms with Gasteiger partial charge in [-0.1, -0.05) is 115 Å². The molecule has 0 aliphatic rings. The van der Waals surface area contributed by atoms with Gasteiger partial charge in [-0.05, 0) is 59.7 Å². The number of benzene rings is 7. The highest BCUT2D eigenvalue weighted by Gasteiger charge is 2.18. The van der Waals surface area contributed by atoms with Gasteiger partial charge in [-0.3, -0.25) is 0 Å². The first-order valence-corrected chi connectivity index (χ1v) is 16.7. The summed E-state index contributed by atoms with van der Waals surface area (Å²) in [7, 11) is 0. The van der Waals surface area contributed by atoms with Crippen LogP contribution in [0.3, 0.4) is 0 Å². The van der Waals surface area contributed by atoms with E-state index in [2.05, 4.69) is 102 Å². The van der Waals surface area contributed by atoms with Crippen molar-refractivity contribution in [2.45, 2.75) is 0 Å². The lowest BCUT2D eigenvalue weighted by atomic mass is 10.0. The van der Waals surface area contributed by atoms with E-state index in [0.717, 1.165) is 55.3 Å². The maximum Gasteiger partial charge on any atom is 0.164 e. The van der Waals surface area contributed by atoms with Crippen LogP contribution in [0.4, 0.5) is 0 Å². The first-order valence-electron chi connectivity index (χ1n) is 16.7. The van der Waals surface area contributed by atoms with Gasteiger partial charge in [0.05, 0.1) is 11.0 Å². The molecule has 10 rings (SSSR count). The van der Waals surface area contributed by atoms with Gasteiger partial charge < -0.3 is 8.98 Å². The average molecular weight is 641 g/mol. The monoisotopic (exact) mass is 640 g/mol. The predicted octanol–water partition coefficient (Wildman–Crippen LogP) is 11.5. The molecule has 0 fully saturated rings. The van der Waals surface area contributed by atoms with E-state index in [1.807, 2.05) is 72.8 Å². The van der Waals surface area contributed by atoms with Gasteiger partial charge in [-0.2, -0.15) is 0 Å². The van der Waals surface area contributed by atoms with Crippen LogP contribution in [0.2, 0.25) is 0 Å². The molecule has 0 spiro atoms. The van der Waals surface area contributed by atoms with E-state index < -0.39 is 0 Å². The number of hydrogen-bond acceptors (Lipinski definition) is 4. The lowest BCUT2D eigenvalue weighted by molar-refractivity contribution is 0.669. The number of para-hydroxylation sites is 1. The maximum atomic E-state index is 6.38. The van der Waals surface area contributed by atoms with Crippen LogP contribution in [-0.2, 0) is 0 Å². The molecule has 5 nitrogen and oxygen atoms in total. The Balaban J connectivity index is 1.15. The molecule has 0 N–H and O–H groups in total. The van der Waals surface area contributed by atoms with Crippen molar-refractivity contribution in [3.63, 3.8) is 0 Å². The van der Waals surface area contributed by atoms with Gasteiger partial charge in [0.1, 0.15) is 11.2 Å². The molecule has 0 atom stereocenters. The van der Waals surface area contributed by atoms with Crippen LogP contribution in [0.25, 0.3) is 94.7 Å². The number of rotatable bonds is 5. The van der Waals surface area contributed by atoms with Crippen molar-refractivity contribution < 1.29 is 4.42 Å². The van der Waals surface area contributed by atoms with E-state index in [0.29, 0.717) is 17.5 Å². The highest BCUT2D eigenvalue weighted by Crippen LogP contribution is 2.40. The van der Waals surface area contributed by atoms with Crippen LogP contribution in [0.15, 0.2) is 174 Å². The molecule has 234 valence electrons. The third kappa shape index (κ3) is 4.67. The van der Waals surface area contributed by atoms with Crippen molar-refractivity contribution in [3.05, 3.63) is 170 Å². The van der Waals surface area contributed by atoms with Gasteiger partial charge in [-0.25, -0.2) is 15.0 Å². The number of fused-ring (bicyclic) bond motifs is 6. The molecular weight excluding hydrogens is 613 g/mol. The molecule has 3 heterocycles. The van der Waals surface area contributed by atoms with Gasteiger partial charge in [0, 0.05) is 50.0 Å². The van der Waals surface area contributed by atoms with E-state index in [4.69, 9.17) is 19.4 Å². The van der Waals surface area contributed by atoms with E-state index in [-0.39, 0.29) is 0 Å². The van der Waals surface area contributed by atoms with E-state index in [1.54, 1.807) is 0 Å². The lowest BCUT2D eigenvalue weighted by Gasteiger charge is -2.11. The van der Waals surface area contributed by atoms with Crippen LogP contribution in [0.1, 0.15) is 0 Å². The van der Waals surface area contributed by atoms with Crippen molar-refractivity contribution >= 4 is 43.7 Å². The summed E-state index contributed by atoms with van der Waals surface area (Å²) < 4.78 is 8.70. The van der Waals surface area contributed by atoms with Crippen molar-refractivity contribution in [2.24, 2.45) is 0 Å². The second-order valence-corrected chi connectivity index (χ2v) is 12.5. The van der Waals surface area contributed by atoms with Crippen LogP contribution in [-0.4, -0.2) is 19.5 Å². The summed E-state index contributed by atoms with van der Waals surface area (Å²) in [6.07, 6.45) is 0. The minimum atomic E-state index is 0.628. The van der Waals surface area contributed by atoms with Crippen LogP contribution < -0.4 is 0 Å². The fourth-order valence-electron chi connectivity index (χ4n) is 7.02. The number of nitrogens with zero attached hydrogens (tertiary/aromatic N) is 4. The highest BCUT2D eigenvalue weighted by molar-refractivity contribution is 6.17. The van der Waals surface area contributed by atoms with Crippen molar-refractivity contribution in [3.8, 4) is 51.0 Å². The van der Waals surface area contributed by atoms with Crippen LogP contribution in [0.5, 0.6) is 0 Å². The summed E-state index contributed by atoms with van der Waals surface area (Å²) in [5.74, 6) is 1.91. The van der Waals surface area contributed by atoms with Crippen molar-refractivity contribution in [1.82, 2.24) is 19.5 Å².